The predicted molar refractivity (Wildman–Crippen MR) is 258 cm³/mol. The number of nitrogens with one attached hydrogen (secondary N) is 4. The first kappa shape index (κ1) is 49.2. The Hall–Kier alpha value is -6.29. The van der Waals surface area contributed by atoms with Gasteiger partial charge in [-0.15, -0.1) is 24.8 Å². The molecule has 14 nitrogen and oxygen atoms in total. The van der Waals surface area contributed by atoms with Crippen LogP contribution in [0.5, 0.6) is 0 Å². The molecule has 4 N–H and O–H groups in total. The molecule has 2 fully saturated rings. The molecule has 0 spiro atoms. The fraction of sp³-hybridized carbons (Fsp3) is 0.306. The molecular formula is C49H54Cl2N8O6S. The summed E-state index contributed by atoms with van der Waals surface area (Å²) in [5.41, 5.74) is 6.36. The van der Waals surface area contributed by atoms with E-state index in [2.05, 4.69) is 75.2 Å². The number of aromatic nitrogens is 4. The first-order valence-electron chi connectivity index (χ1n) is 21.5. The van der Waals surface area contributed by atoms with Crippen LogP contribution in [0.2, 0.25) is 0 Å². The van der Waals surface area contributed by atoms with Gasteiger partial charge in [0.1, 0.15) is 23.7 Å². The van der Waals surface area contributed by atoms with E-state index in [1.54, 1.807) is 22.9 Å². The van der Waals surface area contributed by atoms with Gasteiger partial charge in [0.15, 0.2) is 0 Å². The quantitative estimate of drug-likeness (QED) is 0.0879. The SMILES string of the molecule is COC(=O)N[C@H](C(=O)N1CCC[C@H]1c1ncc(-c2ccc(-c3ccc(-c4cnc([C@@H]5CCCN5C(=O)[C@H](NC(=O)OC)c5ccccc5)[nH]4)cc3)c(Sc3ccccc3)c2)[nH]1)C(C)C.Cl.Cl. The van der Waals surface area contributed by atoms with Gasteiger partial charge in [-0.3, -0.25) is 9.59 Å². The summed E-state index contributed by atoms with van der Waals surface area (Å²) in [6, 6.07) is 32.0. The van der Waals surface area contributed by atoms with E-state index in [9.17, 15) is 19.2 Å². The first-order chi connectivity index (χ1) is 31.1. The number of benzene rings is 4. The van der Waals surface area contributed by atoms with Crippen LogP contribution in [0.15, 0.2) is 125 Å². The minimum atomic E-state index is -0.894. The number of nitrogens with zero attached hydrogens (tertiary/aromatic N) is 4. The van der Waals surface area contributed by atoms with E-state index in [1.165, 1.54) is 14.2 Å². The Bertz CT molecular complexity index is 2590. The average Bonchev–Trinajstić information content (AvgIpc) is 4.18. The smallest absolute Gasteiger partial charge is 0.407 e. The fourth-order valence-corrected chi connectivity index (χ4v) is 9.58. The lowest BCUT2D eigenvalue weighted by molar-refractivity contribution is -0.135. The minimum absolute atomic E-state index is 0. The highest BCUT2D eigenvalue weighted by atomic mass is 35.5. The summed E-state index contributed by atoms with van der Waals surface area (Å²) in [6.07, 6.45) is 5.46. The van der Waals surface area contributed by atoms with Crippen molar-refractivity contribution in [1.82, 2.24) is 40.4 Å². The Morgan fingerprint density at radius 2 is 1.18 bits per heavy atom. The van der Waals surface area contributed by atoms with Crippen LogP contribution in [0.3, 0.4) is 0 Å². The third-order valence-electron chi connectivity index (χ3n) is 11.9. The van der Waals surface area contributed by atoms with Crippen molar-refractivity contribution >= 4 is 60.6 Å². The van der Waals surface area contributed by atoms with E-state index in [-0.39, 0.29) is 54.6 Å². The number of hydrogen-bond acceptors (Lipinski definition) is 9. The summed E-state index contributed by atoms with van der Waals surface area (Å²) >= 11 is 1.68. The zero-order chi connectivity index (χ0) is 44.7. The van der Waals surface area contributed by atoms with Gasteiger partial charge in [-0.25, -0.2) is 19.6 Å². The summed E-state index contributed by atoms with van der Waals surface area (Å²) in [7, 11) is 2.57. The number of hydrogen-bond donors (Lipinski definition) is 4. The standard InChI is InChI=1S/C49H52N8O6S.2ClH/c1-30(2)42(54-48(60)62-3)46(58)56-25-11-17-39(56)45-51-29-38(53-45)34-23-24-36(41(27-34)64-35-15-9-6-10-16-35)31-19-21-32(22-20-31)37-28-50-44(52-37)40-18-12-26-57(40)47(59)43(55-49(61)63-4)33-13-7-5-8-14-33;;/h5-10,13-16,19-24,27-30,39-40,42-43H,11-12,17-18,25-26H2,1-4H3,(H,50,52)(H,51,53)(H,54,60)(H,55,61);2*1H/t39-,40-,42-,43+;;/m0../s1. The van der Waals surface area contributed by atoms with E-state index >= 15 is 0 Å². The predicted octanol–water partition coefficient (Wildman–Crippen LogP) is 9.93. The van der Waals surface area contributed by atoms with Crippen molar-refractivity contribution < 1.29 is 28.7 Å². The Kier molecular flexibility index (Phi) is 16.6. The Balaban J connectivity index is 0.00000360. The molecule has 2 saturated heterocycles. The van der Waals surface area contributed by atoms with Crippen LogP contribution in [0, 0.1) is 5.92 Å². The van der Waals surface area contributed by atoms with E-state index in [4.69, 9.17) is 19.4 Å². The second kappa shape index (κ2) is 22.3. The van der Waals surface area contributed by atoms with Crippen LogP contribution in [-0.4, -0.2) is 87.1 Å². The molecule has 0 bridgehead atoms. The number of amides is 4. The highest BCUT2D eigenvalue weighted by Crippen LogP contribution is 2.40. The van der Waals surface area contributed by atoms with Crippen LogP contribution in [0.25, 0.3) is 33.6 Å². The molecule has 66 heavy (non-hydrogen) atoms. The highest BCUT2D eigenvalue weighted by molar-refractivity contribution is 7.99. The monoisotopic (exact) mass is 952 g/mol. The lowest BCUT2D eigenvalue weighted by atomic mass is 10.0. The number of imidazole rings is 2. The number of alkyl carbamates (subject to hydrolysis) is 2. The third-order valence-corrected chi connectivity index (χ3v) is 12.9. The number of ether oxygens (including phenoxy) is 2. The van der Waals surface area contributed by atoms with Gasteiger partial charge in [-0.1, -0.05) is 111 Å². The molecule has 0 saturated carbocycles. The van der Waals surface area contributed by atoms with Crippen LogP contribution in [-0.2, 0) is 19.1 Å². The van der Waals surface area contributed by atoms with Crippen molar-refractivity contribution in [3.8, 4) is 33.6 Å². The summed E-state index contributed by atoms with van der Waals surface area (Å²) < 4.78 is 9.65. The van der Waals surface area contributed by atoms with E-state index in [1.807, 2.05) is 73.5 Å². The van der Waals surface area contributed by atoms with E-state index in [0.29, 0.717) is 30.3 Å². The zero-order valence-corrected chi connectivity index (χ0v) is 39.5. The molecule has 4 amide bonds. The van der Waals surface area contributed by atoms with Gasteiger partial charge in [0, 0.05) is 28.4 Å². The number of carbonyl (C=O) groups is 4. The maximum absolute atomic E-state index is 14.0. The van der Waals surface area contributed by atoms with Crippen molar-refractivity contribution in [2.45, 2.75) is 73.5 Å². The fourth-order valence-electron chi connectivity index (χ4n) is 8.55. The molecule has 4 heterocycles. The van der Waals surface area contributed by atoms with Crippen LogP contribution >= 0.6 is 36.6 Å². The summed E-state index contributed by atoms with van der Waals surface area (Å²) in [6.45, 7) is 4.92. The second-order valence-electron chi connectivity index (χ2n) is 16.3. The van der Waals surface area contributed by atoms with Crippen molar-refractivity contribution in [1.29, 1.82) is 0 Å². The Morgan fingerprint density at radius 1 is 0.667 bits per heavy atom. The van der Waals surface area contributed by atoms with Crippen LogP contribution in [0.4, 0.5) is 9.59 Å². The van der Waals surface area contributed by atoms with Crippen LogP contribution < -0.4 is 10.6 Å². The molecule has 0 unspecified atom stereocenters. The average molecular weight is 954 g/mol. The molecule has 2 aliphatic heterocycles. The number of carbonyl (C=O) groups excluding carboxylic acids is 4. The van der Waals surface area contributed by atoms with Crippen molar-refractivity contribution in [3.63, 3.8) is 0 Å². The lowest BCUT2D eigenvalue weighted by Gasteiger charge is -2.30. The molecule has 4 atom stereocenters. The largest absolute Gasteiger partial charge is 0.453 e. The van der Waals surface area contributed by atoms with Crippen molar-refractivity contribution in [2.24, 2.45) is 5.92 Å². The van der Waals surface area contributed by atoms with Gasteiger partial charge in [-0.2, -0.15) is 0 Å². The van der Waals surface area contributed by atoms with E-state index in [0.717, 1.165) is 69.1 Å². The lowest BCUT2D eigenvalue weighted by Crippen LogP contribution is -2.51. The van der Waals surface area contributed by atoms with Gasteiger partial charge in [-0.05, 0) is 72.1 Å². The highest BCUT2D eigenvalue weighted by Gasteiger charge is 2.39. The summed E-state index contributed by atoms with van der Waals surface area (Å²) in [5, 5.41) is 5.44. The Labute approximate surface area is 400 Å². The summed E-state index contributed by atoms with van der Waals surface area (Å²) in [4.78, 5) is 74.5. The number of rotatable bonds is 13. The number of halogens is 2. The van der Waals surface area contributed by atoms with Gasteiger partial charge in [0.05, 0.1) is 50.1 Å². The number of H-pyrrole nitrogens is 2. The Morgan fingerprint density at radius 3 is 1.76 bits per heavy atom. The van der Waals surface area contributed by atoms with Gasteiger partial charge >= 0.3 is 12.2 Å². The number of aromatic amines is 2. The molecule has 0 radical (unpaired) electrons. The molecule has 6 aromatic rings. The minimum Gasteiger partial charge on any atom is -0.453 e. The molecule has 4 aromatic carbocycles. The molecule has 346 valence electrons. The second-order valence-corrected chi connectivity index (χ2v) is 17.4. The molecule has 2 aliphatic rings. The van der Waals surface area contributed by atoms with E-state index < -0.39 is 24.3 Å². The first-order valence-corrected chi connectivity index (χ1v) is 22.4. The third kappa shape index (κ3) is 10.9. The van der Waals surface area contributed by atoms with Gasteiger partial charge < -0.3 is 39.9 Å². The molecular weight excluding hydrogens is 900 g/mol. The normalized spacial score (nSPS) is 16.4. The molecule has 2 aromatic heterocycles. The number of methoxy groups -OCH3 is 2. The van der Waals surface area contributed by atoms with Gasteiger partial charge in [0.2, 0.25) is 5.91 Å². The topological polar surface area (TPSA) is 175 Å². The molecule has 0 aliphatic carbocycles. The number of likely N-dealkylation sites (tertiary alicyclic amines) is 2. The maximum atomic E-state index is 14.0. The molecule has 17 heteroatoms. The van der Waals surface area contributed by atoms with Crippen LogP contribution in [0.1, 0.15) is 74.9 Å². The molecule has 8 rings (SSSR count). The zero-order valence-electron chi connectivity index (χ0n) is 37.1. The summed E-state index contributed by atoms with van der Waals surface area (Å²) in [5.74, 6) is 0.903. The maximum Gasteiger partial charge on any atom is 0.407 e. The van der Waals surface area contributed by atoms with Gasteiger partial charge in [0.25, 0.3) is 5.91 Å². The van der Waals surface area contributed by atoms with Crippen molar-refractivity contribution in [3.05, 3.63) is 133 Å². The van der Waals surface area contributed by atoms with Crippen molar-refractivity contribution in [2.75, 3.05) is 27.3 Å².